The van der Waals surface area contributed by atoms with Gasteiger partial charge >= 0.3 is 5.97 Å². The van der Waals surface area contributed by atoms with Gasteiger partial charge in [0.1, 0.15) is 6.04 Å². The SMILES string of the molecule is COC(=O)[C@@H](Cc1cccnc1OC)NC(=O)[C@@H](O)c1ccccc1. The van der Waals surface area contributed by atoms with E-state index >= 15 is 0 Å². The molecule has 7 nitrogen and oxygen atoms in total. The van der Waals surface area contributed by atoms with Crippen LogP contribution in [-0.4, -0.2) is 42.2 Å². The number of nitrogens with zero attached hydrogens (tertiary/aromatic N) is 1. The van der Waals surface area contributed by atoms with Crippen molar-refractivity contribution in [3.63, 3.8) is 0 Å². The summed E-state index contributed by atoms with van der Waals surface area (Å²) in [5.41, 5.74) is 1.07. The Hall–Kier alpha value is -2.93. The number of amides is 1. The zero-order valence-corrected chi connectivity index (χ0v) is 14.0. The van der Waals surface area contributed by atoms with Crippen LogP contribution in [0.15, 0.2) is 48.7 Å². The van der Waals surface area contributed by atoms with E-state index in [0.29, 0.717) is 17.0 Å². The molecule has 25 heavy (non-hydrogen) atoms. The number of ether oxygens (including phenoxy) is 2. The van der Waals surface area contributed by atoms with Gasteiger partial charge < -0.3 is 19.9 Å². The Morgan fingerprint density at radius 1 is 1.16 bits per heavy atom. The number of carbonyl (C=O) groups is 2. The molecule has 0 saturated heterocycles. The quantitative estimate of drug-likeness (QED) is 0.728. The van der Waals surface area contributed by atoms with Gasteiger partial charge in [0.2, 0.25) is 5.88 Å². The molecule has 132 valence electrons. The van der Waals surface area contributed by atoms with Crippen molar-refractivity contribution in [1.82, 2.24) is 10.3 Å². The summed E-state index contributed by atoms with van der Waals surface area (Å²) in [6.07, 6.45) is 0.300. The molecule has 0 saturated carbocycles. The lowest BCUT2D eigenvalue weighted by Gasteiger charge is -2.19. The van der Waals surface area contributed by atoms with E-state index in [1.165, 1.54) is 14.2 Å². The van der Waals surface area contributed by atoms with Crippen molar-refractivity contribution < 1.29 is 24.2 Å². The molecule has 0 aliphatic carbocycles. The van der Waals surface area contributed by atoms with E-state index in [2.05, 4.69) is 10.3 Å². The number of nitrogens with one attached hydrogen (secondary N) is 1. The molecule has 7 heteroatoms. The zero-order valence-electron chi connectivity index (χ0n) is 14.0. The highest BCUT2D eigenvalue weighted by Gasteiger charge is 2.27. The Labute approximate surface area is 145 Å². The highest BCUT2D eigenvalue weighted by atomic mass is 16.5. The van der Waals surface area contributed by atoms with Crippen LogP contribution in [0.5, 0.6) is 5.88 Å². The molecule has 0 aliphatic rings. The Morgan fingerprint density at radius 2 is 1.88 bits per heavy atom. The minimum atomic E-state index is -1.39. The zero-order chi connectivity index (χ0) is 18.2. The largest absolute Gasteiger partial charge is 0.481 e. The average Bonchev–Trinajstić information content (AvgIpc) is 2.67. The highest BCUT2D eigenvalue weighted by molar-refractivity contribution is 5.87. The third-order valence-electron chi connectivity index (χ3n) is 3.63. The maximum absolute atomic E-state index is 12.3. The van der Waals surface area contributed by atoms with Crippen molar-refractivity contribution in [2.24, 2.45) is 0 Å². The van der Waals surface area contributed by atoms with Crippen LogP contribution in [0.25, 0.3) is 0 Å². The summed E-state index contributed by atoms with van der Waals surface area (Å²) in [6.45, 7) is 0. The van der Waals surface area contributed by atoms with Gasteiger partial charge in [-0.3, -0.25) is 4.79 Å². The van der Waals surface area contributed by atoms with E-state index in [0.717, 1.165) is 0 Å². The molecule has 2 aromatic rings. The van der Waals surface area contributed by atoms with Crippen molar-refractivity contribution >= 4 is 11.9 Å². The van der Waals surface area contributed by atoms with Crippen LogP contribution in [0, 0.1) is 0 Å². The number of carbonyl (C=O) groups excluding carboxylic acids is 2. The van der Waals surface area contributed by atoms with Crippen LogP contribution in [0.3, 0.4) is 0 Å². The van der Waals surface area contributed by atoms with Crippen molar-refractivity contribution in [2.45, 2.75) is 18.6 Å². The number of aliphatic hydroxyl groups is 1. The topological polar surface area (TPSA) is 97.8 Å². The summed E-state index contributed by atoms with van der Waals surface area (Å²) >= 11 is 0. The minimum Gasteiger partial charge on any atom is -0.481 e. The highest BCUT2D eigenvalue weighted by Crippen LogP contribution is 2.17. The lowest BCUT2D eigenvalue weighted by molar-refractivity contribution is -0.146. The first-order valence-corrected chi connectivity index (χ1v) is 7.66. The molecule has 0 aliphatic heterocycles. The maximum atomic E-state index is 12.3. The smallest absolute Gasteiger partial charge is 0.328 e. The maximum Gasteiger partial charge on any atom is 0.328 e. The summed E-state index contributed by atoms with van der Waals surface area (Å²) in [5.74, 6) is -0.960. The fraction of sp³-hybridized carbons (Fsp3) is 0.278. The predicted molar refractivity (Wildman–Crippen MR) is 89.8 cm³/mol. The fourth-order valence-electron chi connectivity index (χ4n) is 2.36. The van der Waals surface area contributed by atoms with E-state index in [1.807, 2.05) is 0 Å². The number of methoxy groups -OCH3 is 2. The number of hydrogen-bond acceptors (Lipinski definition) is 6. The number of aliphatic hydroxyl groups excluding tert-OH is 1. The van der Waals surface area contributed by atoms with Gasteiger partial charge in [-0.05, 0) is 11.6 Å². The average molecular weight is 344 g/mol. The van der Waals surface area contributed by atoms with E-state index in [-0.39, 0.29) is 6.42 Å². The fourth-order valence-corrected chi connectivity index (χ4v) is 2.36. The Balaban J connectivity index is 2.15. The van der Waals surface area contributed by atoms with Crippen molar-refractivity contribution in [3.05, 3.63) is 59.8 Å². The predicted octanol–water partition coefficient (Wildman–Crippen LogP) is 1.02. The van der Waals surface area contributed by atoms with Gasteiger partial charge in [-0.2, -0.15) is 0 Å². The second-order valence-corrected chi connectivity index (χ2v) is 5.27. The van der Waals surface area contributed by atoms with Crippen molar-refractivity contribution in [1.29, 1.82) is 0 Å². The first-order valence-electron chi connectivity index (χ1n) is 7.66. The van der Waals surface area contributed by atoms with Gasteiger partial charge in [0.25, 0.3) is 5.91 Å². The molecular weight excluding hydrogens is 324 g/mol. The van der Waals surface area contributed by atoms with E-state index < -0.39 is 24.0 Å². The van der Waals surface area contributed by atoms with Crippen LogP contribution >= 0.6 is 0 Å². The summed E-state index contributed by atoms with van der Waals surface area (Å²) in [5, 5.41) is 12.7. The van der Waals surface area contributed by atoms with E-state index in [9.17, 15) is 14.7 Å². The van der Waals surface area contributed by atoms with Gasteiger partial charge in [0.05, 0.1) is 14.2 Å². The summed E-state index contributed by atoms with van der Waals surface area (Å²) in [4.78, 5) is 28.4. The Kier molecular flexibility index (Phi) is 6.47. The number of hydrogen-bond donors (Lipinski definition) is 2. The number of rotatable bonds is 7. The van der Waals surface area contributed by atoms with Crippen molar-refractivity contribution in [3.8, 4) is 5.88 Å². The normalized spacial score (nSPS) is 12.8. The summed E-state index contributed by atoms with van der Waals surface area (Å²) < 4.78 is 9.90. The standard InChI is InChI=1S/C18H20N2O5/c1-24-17-13(9-6-10-19-17)11-14(18(23)25-2)20-16(22)15(21)12-7-4-3-5-8-12/h3-10,14-15,21H,11H2,1-2H3,(H,20,22)/t14-,15+/m1/s1. The lowest BCUT2D eigenvalue weighted by atomic mass is 10.1. The van der Waals surface area contributed by atoms with E-state index in [4.69, 9.17) is 9.47 Å². The molecule has 1 aromatic heterocycles. The number of aromatic nitrogens is 1. The Morgan fingerprint density at radius 3 is 2.52 bits per heavy atom. The summed E-state index contributed by atoms with van der Waals surface area (Å²) in [6, 6.07) is 10.9. The molecule has 1 aromatic carbocycles. The van der Waals surface area contributed by atoms with Crippen LogP contribution in [0.1, 0.15) is 17.2 Å². The second kappa shape index (κ2) is 8.79. The molecule has 2 N–H and O–H groups in total. The third kappa shape index (κ3) is 4.77. The van der Waals surface area contributed by atoms with Gasteiger partial charge in [-0.1, -0.05) is 36.4 Å². The number of benzene rings is 1. The van der Waals surface area contributed by atoms with Crippen LogP contribution < -0.4 is 10.1 Å². The van der Waals surface area contributed by atoms with Crippen LogP contribution in [0.2, 0.25) is 0 Å². The second-order valence-electron chi connectivity index (χ2n) is 5.27. The third-order valence-corrected chi connectivity index (χ3v) is 3.63. The molecule has 0 unspecified atom stereocenters. The minimum absolute atomic E-state index is 0.122. The molecule has 1 amide bonds. The lowest BCUT2D eigenvalue weighted by Crippen LogP contribution is -2.45. The van der Waals surface area contributed by atoms with Gasteiger partial charge in [-0.15, -0.1) is 0 Å². The molecule has 0 radical (unpaired) electrons. The van der Waals surface area contributed by atoms with Crippen LogP contribution in [0.4, 0.5) is 0 Å². The number of esters is 1. The molecule has 2 rings (SSSR count). The molecular formula is C18H20N2O5. The molecule has 1 heterocycles. The monoisotopic (exact) mass is 344 g/mol. The number of pyridine rings is 1. The van der Waals surface area contributed by atoms with Gasteiger partial charge in [0.15, 0.2) is 6.10 Å². The first kappa shape index (κ1) is 18.4. The van der Waals surface area contributed by atoms with E-state index in [1.54, 1.807) is 48.7 Å². The van der Waals surface area contributed by atoms with Crippen molar-refractivity contribution in [2.75, 3.05) is 14.2 Å². The Bertz CT molecular complexity index is 720. The molecule has 0 fully saturated rings. The molecule has 0 bridgehead atoms. The molecule has 0 spiro atoms. The summed E-state index contributed by atoms with van der Waals surface area (Å²) in [7, 11) is 2.70. The van der Waals surface area contributed by atoms with Crippen LogP contribution in [-0.2, 0) is 20.7 Å². The van der Waals surface area contributed by atoms with Gasteiger partial charge in [0, 0.05) is 18.2 Å². The first-order chi connectivity index (χ1) is 12.1. The van der Waals surface area contributed by atoms with Gasteiger partial charge in [-0.25, -0.2) is 9.78 Å². The molecule has 2 atom stereocenters.